The smallest absolute Gasteiger partial charge is 0.410 e. The number of nitrogens with zero attached hydrogens (tertiary/aromatic N) is 3. The lowest BCUT2D eigenvalue weighted by Crippen LogP contribution is -2.49. The fraction of sp³-hybridized carbons (Fsp3) is 0.368. The van der Waals surface area contributed by atoms with Crippen LogP contribution in [-0.4, -0.2) is 48.7 Å². The Hall–Kier alpha value is -2.83. The van der Waals surface area contributed by atoms with E-state index in [2.05, 4.69) is 15.2 Å². The first-order valence-corrected chi connectivity index (χ1v) is 8.84. The number of hydrogen-bond donors (Lipinski definition) is 1. The van der Waals surface area contributed by atoms with Gasteiger partial charge >= 0.3 is 6.09 Å². The van der Waals surface area contributed by atoms with Gasteiger partial charge in [0, 0.05) is 50.0 Å². The minimum atomic E-state index is -0.474. The van der Waals surface area contributed by atoms with Crippen LogP contribution < -0.4 is 10.2 Å². The Morgan fingerprint density at radius 1 is 1.19 bits per heavy atom. The van der Waals surface area contributed by atoms with Gasteiger partial charge in [-0.05, 0) is 12.0 Å². The molecule has 2 aliphatic heterocycles. The summed E-state index contributed by atoms with van der Waals surface area (Å²) < 4.78 is 19.2. The van der Waals surface area contributed by atoms with Crippen LogP contribution in [0.15, 0.2) is 36.4 Å². The molecule has 136 valence electrons. The average Bonchev–Trinajstić information content (AvgIpc) is 3.15. The number of nitrogens with one attached hydrogen (secondary N) is 1. The monoisotopic (exact) mass is 356 g/mol. The predicted octanol–water partition coefficient (Wildman–Crippen LogP) is 2.65. The Morgan fingerprint density at radius 2 is 1.96 bits per heavy atom. The number of hydrogen-bond acceptors (Lipinski definition) is 5. The first-order chi connectivity index (χ1) is 12.7. The highest BCUT2D eigenvalue weighted by atomic mass is 19.1. The van der Waals surface area contributed by atoms with Gasteiger partial charge in [-0.25, -0.2) is 9.78 Å². The molecular weight excluding hydrogens is 335 g/mol. The van der Waals surface area contributed by atoms with Gasteiger partial charge in [0.1, 0.15) is 12.4 Å². The van der Waals surface area contributed by atoms with Crippen LogP contribution in [0.25, 0.3) is 0 Å². The van der Waals surface area contributed by atoms with Gasteiger partial charge in [-0.2, -0.15) is 4.39 Å². The third kappa shape index (κ3) is 3.42. The standard InChI is InChI=1S/C19H21FN4O2/c20-17-12-16(15-6-7-21-18(15)22-17)23-8-10-24(11-9-23)19(25)26-13-14-4-2-1-3-5-14/h1-5,12H,6-11,13H2,(H,21,22). The van der Waals surface area contributed by atoms with E-state index in [1.54, 1.807) is 4.90 Å². The van der Waals surface area contributed by atoms with Gasteiger partial charge in [-0.15, -0.1) is 0 Å². The van der Waals surface area contributed by atoms with Crippen molar-refractivity contribution in [3.05, 3.63) is 53.5 Å². The second-order valence-electron chi connectivity index (χ2n) is 6.48. The normalized spacial score (nSPS) is 16.2. The van der Waals surface area contributed by atoms with Gasteiger partial charge in [-0.3, -0.25) is 0 Å². The molecule has 7 heteroatoms. The van der Waals surface area contributed by atoms with Gasteiger partial charge < -0.3 is 19.9 Å². The Bertz CT molecular complexity index is 792. The number of fused-ring (bicyclic) bond motifs is 1. The zero-order valence-electron chi connectivity index (χ0n) is 14.4. The van der Waals surface area contributed by atoms with Crippen LogP contribution in [0.2, 0.25) is 0 Å². The number of rotatable bonds is 3. The van der Waals surface area contributed by atoms with Crippen LogP contribution >= 0.6 is 0 Å². The van der Waals surface area contributed by atoms with Crippen LogP contribution in [0.4, 0.5) is 20.7 Å². The topological polar surface area (TPSA) is 57.7 Å². The van der Waals surface area contributed by atoms with Crippen LogP contribution in [0.5, 0.6) is 0 Å². The van der Waals surface area contributed by atoms with Crippen LogP contribution in [0, 0.1) is 5.95 Å². The molecule has 0 saturated carbocycles. The molecule has 0 bridgehead atoms. The van der Waals surface area contributed by atoms with Gasteiger partial charge in [0.2, 0.25) is 5.95 Å². The van der Waals surface area contributed by atoms with Crippen molar-refractivity contribution in [1.29, 1.82) is 0 Å². The van der Waals surface area contributed by atoms with Gasteiger partial charge in [-0.1, -0.05) is 30.3 Å². The van der Waals surface area contributed by atoms with Crippen molar-refractivity contribution >= 4 is 17.6 Å². The number of halogens is 1. The van der Waals surface area contributed by atoms with E-state index in [0.29, 0.717) is 32.0 Å². The number of carbonyl (C=O) groups excluding carboxylic acids is 1. The second-order valence-corrected chi connectivity index (χ2v) is 6.48. The summed E-state index contributed by atoms with van der Waals surface area (Å²) >= 11 is 0. The lowest BCUT2D eigenvalue weighted by Gasteiger charge is -2.36. The van der Waals surface area contributed by atoms with E-state index in [4.69, 9.17) is 4.74 Å². The summed E-state index contributed by atoms with van der Waals surface area (Å²) in [6, 6.07) is 11.1. The van der Waals surface area contributed by atoms with Crippen LogP contribution in [0.1, 0.15) is 11.1 Å². The highest BCUT2D eigenvalue weighted by Gasteiger charge is 2.26. The summed E-state index contributed by atoms with van der Waals surface area (Å²) in [7, 11) is 0. The number of benzene rings is 1. The van der Waals surface area contributed by atoms with Gasteiger partial charge in [0.05, 0.1) is 0 Å². The maximum absolute atomic E-state index is 13.8. The molecule has 2 aliphatic rings. The Kier molecular flexibility index (Phi) is 4.60. The van der Waals surface area contributed by atoms with Crippen LogP contribution in [-0.2, 0) is 17.8 Å². The molecule has 0 unspecified atom stereocenters. The average molecular weight is 356 g/mol. The van der Waals surface area contributed by atoms with E-state index in [1.165, 1.54) is 6.07 Å². The molecule has 0 spiro atoms. The molecule has 3 heterocycles. The minimum absolute atomic E-state index is 0.272. The molecule has 1 N–H and O–H groups in total. The summed E-state index contributed by atoms with van der Waals surface area (Å²) in [6.45, 7) is 3.46. The van der Waals surface area contributed by atoms with E-state index in [-0.39, 0.29) is 12.7 Å². The van der Waals surface area contributed by atoms with Crippen molar-refractivity contribution in [2.24, 2.45) is 0 Å². The maximum atomic E-state index is 13.8. The molecule has 1 amide bonds. The molecular formula is C19H21FN4O2. The fourth-order valence-electron chi connectivity index (χ4n) is 3.45. The lowest BCUT2D eigenvalue weighted by molar-refractivity contribution is 0.0942. The van der Waals surface area contributed by atoms with E-state index in [9.17, 15) is 9.18 Å². The van der Waals surface area contributed by atoms with Crippen molar-refractivity contribution in [1.82, 2.24) is 9.88 Å². The number of pyridine rings is 1. The first kappa shape index (κ1) is 16.6. The van der Waals surface area contributed by atoms with Crippen molar-refractivity contribution in [3.8, 4) is 0 Å². The van der Waals surface area contributed by atoms with Crippen molar-refractivity contribution < 1.29 is 13.9 Å². The number of anilines is 2. The zero-order chi connectivity index (χ0) is 17.9. The number of ether oxygens (including phenoxy) is 1. The highest BCUT2D eigenvalue weighted by Crippen LogP contribution is 2.31. The maximum Gasteiger partial charge on any atom is 0.410 e. The SMILES string of the molecule is O=C(OCc1ccccc1)N1CCN(c2cc(F)nc3c2CCN3)CC1. The Labute approximate surface area is 151 Å². The summed E-state index contributed by atoms with van der Waals surface area (Å²) in [4.78, 5) is 20.0. The fourth-order valence-corrected chi connectivity index (χ4v) is 3.45. The molecule has 6 nitrogen and oxygen atoms in total. The van der Waals surface area contributed by atoms with Gasteiger partial charge in [0.15, 0.2) is 0 Å². The number of carbonyl (C=O) groups is 1. The predicted molar refractivity (Wildman–Crippen MR) is 96.8 cm³/mol. The molecule has 1 saturated heterocycles. The first-order valence-electron chi connectivity index (χ1n) is 8.84. The summed E-state index contributed by atoms with van der Waals surface area (Å²) in [6.07, 6.45) is 0.540. The Balaban J connectivity index is 1.35. The molecule has 4 rings (SSSR count). The molecule has 1 aromatic heterocycles. The zero-order valence-corrected chi connectivity index (χ0v) is 14.4. The summed E-state index contributed by atoms with van der Waals surface area (Å²) in [5.74, 6) is 0.169. The molecule has 2 aromatic rings. The largest absolute Gasteiger partial charge is 0.445 e. The van der Waals surface area contributed by atoms with E-state index in [1.807, 2.05) is 30.3 Å². The number of aromatic nitrogens is 1. The second kappa shape index (κ2) is 7.19. The summed E-state index contributed by atoms with van der Waals surface area (Å²) in [5.41, 5.74) is 2.91. The molecule has 1 aromatic carbocycles. The number of piperazine rings is 1. The van der Waals surface area contributed by atoms with E-state index < -0.39 is 5.95 Å². The molecule has 26 heavy (non-hydrogen) atoms. The minimum Gasteiger partial charge on any atom is -0.445 e. The third-order valence-electron chi connectivity index (χ3n) is 4.82. The quantitative estimate of drug-likeness (QED) is 0.857. The van der Waals surface area contributed by atoms with Crippen molar-refractivity contribution in [2.45, 2.75) is 13.0 Å². The molecule has 1 fully saturated rings. The molecule has 0 radical (unpaired) electrons. The van der Waals surface area contributed by atoms with E-state index >= 15 is 0 Å². The Morgan fingerprint density at radius 3 is 2.73 bits per heavy atom. The van der Waals surface area contributed by atoms with Crippen molar-refractivity contribution in [3.63, 3.8) is 0 Å². The number of amides is 1. The summed E-state index contributed by atoms with van der Waals surface area (Å²) in [5, 5.41) is 3.12. The third-order valence-corrected chi connectivity index (χ3v) is 4.82. The molecule has 0 atom stereocenters. The van der Waals surface area contributed by atoms with Gasteiger partial charge in [0.25, 0.3) is 0 Å². The van der Waals surface area contributed by atoms with E-state index in [0.717, 1.165) is 29.8 Å². The van der Waals surface area contributed by atoms with Crippen molar-refractivity contribution in [2.75, 3.05) is 42.9 Å². The van der Waals surface area contributed by atoms with Crippen LogP contribution in [0.3, 0.4) is 0 Å². The lowest BCUT2D eigenvalue weighted by atomic mass is 10.1. The highest BCUT2D eigenvalue weighted by molar-refractivity contribution is 5.69. The molecule has 0 aliphatic carbocycles.